The third kappa shape index (κ3) is 3.57. The molecule has 104 valence electrons. The molecule has 4 heteroatoms. The summed E-state index contributed by atoms with van der Waals surface area (Å²) in [6.07, 6.45) is 0.268. The highest BCUT2D eigenvalue weighted by Crippen LogP contribution is 2.13. The molecule has 0 unspecified atom stereocenters. The van der Waals surface area contributed by atoms with Crippen LogP contribution >= 0.6 is 0 Å². The summed E-state index contributed by atoms with van der Waals surface area (Å²) in [7, 11) is 1.73. The van der Waals surface area contributed by atoms with Gasteiger partial charge in [0.25, 0.3) is 0 Å². The van der Waals surface area contributed by atoms with Gasteiger partial charge < -0.3 is 10.6 Å². The predicted octanol–water partition coefficient (Wildman–Crippen LogP) is 2.61. The molecule has 0 aliphatic heterocycles. The Balaban J connectivity index is 1.99. The Labute approximate surface area is 117 Å². The van der Waals surface area contributed by atoms with Crippen LogP contribution in [0.1, 0.15) is 11.1 Å². The van der Waals surface area contributed by atoms with Crippen molar-refractivity contribution in [3.05, 3.63) is 65.5 Å². The first-order valence-electron chi connectivity index (χ1n) is 6.38. The average Bonchev–Trinajstić information content (AvgIpc) is 2.44. The van der Waals surface area contributed by atoms with Gasteiger partial charge in [-0.25, -0.2) is 4.39 Å². The monoisotopic (exact) mass is 272 g/mol. The number of hydrogen-bond acceptors (Lipinski definition) is 2. The number of amides is 1. The van der Waals surface area contributed by atoms with E-state index in [0.29, 0.717) is 12.2 Å². The van der Waals surface area contributed by atoms with E-state index in [4.69, 9.17) is 5.73 Å². The minimum absolute atomic E-state index is 0.0211. The fraction of sp³-hybridized carbons (Fsp3) is 0.188. The summed E-state index contributed by atoms with van der Waals surface area (Å²) in [4.78, 5) is 13.7. The molecule has 0 saturated carbocycles. The molecule has 0 aromatic heterocycles. The van der Waals surface area contributed by atoms with Gasteiger partial charge in [-0.1, -0.05) is 30.3 Å². The van der Waals surface area contributed by atoms with E-state index in [1.54, 1.807) is 30.1 Å². The number of nitrogens with two attached hydrogens (primary N) is 1. The molecule has 0 aliphatic carbocycles. The average molecular weight is 272 g/mol. The first-order chi connectivity index (χ1) is 9.56. The maximum atomic E-state index is 12.8. The van der Waals surface area contributed by atoms with Crippen LogP contribution in [0.4, 0.5) is 10.1 Å². The molecule has 0 saturated heterocycles. The standard InChI is InChI=1S/C16H17FN2O/c1-19(11-12-6-8-14(17)9-7-12)16(20)10-13-4-2-3-5-15(13)18/h2-9H,10-11,18H2,1H3. The van der Waals surface area contributed by atoms with Crippen LogP contribution < -0.4 is 5.73 Å². The van der Waals surface area contributed by atoms with Crippen molar-refractivity contribution in [2.24, 2.45) is 0 Å². The number of hydrogen-bond donors (Lipinski definition) is 1. The van der Waals surface area contributed by atoms with E-state index in [0.717, 1.165) is 11.1 Å². The minimum Gasteiger partial charge on any atom is -0.398 e. The van der Waals surface area contributed by atoms with Crippen LogP contribution in [0.5, 0.6) is 0 Å². The molecule has 0 heterocycles. The number of rotatable bonds is 4. The normalized spacial score (nSPS) is 10.3. The minimum atomic E-state index is -0.278. The summed E-state index contributed by atoms with van der Waals surface area (Å²) < 4.78 is 12.8. The molecule has 0 bridgehead atoms. The molecular weight excluding hydrogens is 255 g/mol. The highest BCUT2D eigenvalue weighted by atomic mass is 19.1. The van der Waals surface area contributed by atoms with Crippen LogP contribution in [0, 0.1) is 5.82 Å². The quantitative estimate of drug-likeness (QED) is 0.870. The molecule has 2 aromatic rings. The van der Waals surface area contributed by atoms with Crippen LogP contribution in [0.25, 0.3) is 0 Å². The van der Waals surface area contributed by atoms with E-state index < -0.39 is 0 Å². The molecule has 0 radical (unpaired) electrons. The van der Waals surface area contributed by atoms with Gasteiger partial charge in [0, 0.05) is 19.3 Å². The van der Waals surface area contributed by atoms with Crippen molar-refractivity contribution in [3.63, 3.8) is 0 Å². The van der Waals surface area contributed by atoms with Crippen LogP contribution in [0.15, 0.2) is 48.5 Å². The number of nitrogens with zero attached hydrogens (tertiary/aromatic N) is 1. The van der Waals surface area contributed by atoms with Crippen LogP contribution in [-0.2, 0) is 17.8 Å². The molecular formula is C16H17FN2O. The largest absolute Gasteiger partial charge is 0.398 e. The van der Waals surface area contributed by atoms with E-state index in [-0.39, 0.29) is 18.1 Å². The first-order valence-corrected chi connectivity index (χ1v) is 6.38. The zero-order valence-electron chi connectivity index (χ0n) is 11.3. The Hall–Kier alpha value is -2.36. The third-order valence-corrected chi connectivity index (χ3v) is 3.16. The molecule has 1 amide bonds. The van der Waals surface area contributed by atoms with Crippen molar-refractivity contribution >= 4 is 11.6 Å². The number of benzene rings is 2. The molecule has 0 fully saturated rings. The van der Waals surface area contributed by atoms with Gasteiger partial charge in [-0.05, 0) is 29.3 Å². The smallest absolute Gasteiger partial charge is 0.227 e. The Bertz CT molecular complexity index is 596. The zero-order valence-corrected chi connectivity index (χ0v) is 11.3. The SMILES string of the molecule is CN(Cc1ccc(F)cc1)C(=O)Cc1ccccc1N. The number of likely N-dealkylation sites (N-methyl/N-ethyl adjacent to an activating group) is 1. The van der Waals surface area contributed by atoms with Crippen molar-refractivity contribution in [1.29, 1.82) is 0 Å². The topological polar surface area (TPSA) is 46.3 Å². The van der Waals surface area contributed by atoms with Gasteiger partial charge in [0.2, 0.25) is 5.91 Å². The highest BCUT2D eigenvalue weighted by Gasteiger charge is 2.11. The number of halogens is 1. The first kappa shape index (κ1) is 14.1. The fourth-order valence-electron chi connectivity index (χ4n) is 1.94. The van der Waals surface area contributed by atoms with E-state index >= 15 is 0 Å². The molecule has 2 aromatic carbocycles. The van der Waals surface area contributed by atoms with Crippen molar-refractivity contribution in [2.45, 2.75) is 13.0 Å². The molecule has 0 spiro atoms. The van der Waals surface area contributed by atoms with Gasteiger partial charge in [-0.3, -0.25) is 4.79 Å². The lowest BCUT2D eigenvalue weighted by atomic mass is 10.1. The van der Waals surface area contributed by atoms with Gasteiger partial charge in [0.1, 0.15) is 5.82 Å². The van der Waals surface area contributed by atoms with E-state index in [1.807, 2.05) is 18.2 Å². The number of para-hydroxylation sites is 1. The summed E-state index contributed by atoms with van der Waals surface area (Å²) in [6.45, 7) is 0.450. The number of nitrogen functional groups attached to an aromatic ring is 1. The Kier molecular flexibility index (Phi) is 4.35. The summed E-state index contributed by atoms with van der Waals surface area (Å²) in [5, 5.41) is 0. The van der Waals surface area contributed by atoms with Crippen molar-refractivity contribution in [3.8, 4) is 0 Å². The third-order valence-electron chi connectivity index (χ3n) is 3.16. The summed E-state index contributed by atoms with van der Waals surface area (Å²) in [5.41, 5.74) is 8.16. The second kappa shape index (κ2) is 6.19. The van der Waals surface area contributed by atoms with Crippen LogP contribution in [-0.4, -0.2) is 17.9 Å². The lowest BCUT2D eigenvalue weighted by Gasteiger charge is -2.18. The Morgan fingerprint density at radius 1 is 1.15 bits per heavy atom. The maximum Gasteiger partial charge on any atom is 0.227 e. The van der Waals surface area contributed by atoms with Crippen LogP contribution in [0.2, 0.25) is 0 Å². The van der Waals surface area contributed by atoms with Gasteiger partial charge in [0.05, 0.1) is 6.42 Å². The Morgan fingerprint density at radius 2 is 1.80 bits per heavy atom. The summed E-state index contributed by atoms with van der Waals surface area (Å²) in [6, 6.07) is 13.5. The fourth-order valence-corrected chi connectivity index (χ4v) is 1.94. The van der Waals surface area contributed by atoms with Gasteiger partial charge in [0.15, 0.2) is 0 Å². The maximum absolute atomic E-state index is 12.8. The van der Waals surface area contributed by atoms with Gasteiger partial charge in [-0.2, -0.15) is 0 Å². The zero-order chi connectivity index (χ0) is 14.5. The second-order valence-electron chi connectivity index (χ2n) is 4.75. The number of anilines is 1. The van der Waals surface area contributed by atoms with Crippen LogP contribution in [0.3, 0.4) is 0 Å². The number of carbonyl (C=O) groups excluding carboxylic acids is 1. The van der Waals surface area contributed by atoms with Crippen molar-refractivity contribution in [1.82, 2.24) is 4.90 Å². The molecule has 0 aliphatic rings. The molecule has 0 atom stereocenters. The van der Waals surface area contributed by atoms with Gasteiger partial charge >= 0.3 is 0 Å². The predicted molar refractivity (Wildman–Crippen MR) is 77.4 cm³/mol. The molecule has 20 heavy (non-hydrogen) atoms. The highest BCUT2D eigenvalue weighted by molar-refractivity contribution is 5.80. The molecule has 2 rings (SSSR count). The second-order valence-corrected chi connectivity index (χ2v) is 4.75. The van der Waals surface area contributed by atoms with Gasteiger partial charge in [-0.15, -0.1) is 0 Å². The van der Waals surface area contributed by atoms with E-state index in [9.17, 15) is 9.18 Å². The summed E-state index contributed by atoms with van der Waals surface area (Å²) >= 11 is 0. The van der Waals surface area contributed by atoms with E-state index in [1.165, 1.54) is 12.1 Å². The molecule has 3 nitrogen and oxygen atoms in total. The Morgan fingerprint density at radius 3 is 2.45 bits per heavy atom. The van der Waals surface area contributed by atoms with E-state index in [2.05, 4.69) is 0 Å². The van der Waals surface area contributed by atoms with Crippen molar-refractivity contribution < 1.29 is 9.18 Å². The lowest BCUT2D eigenvalue weighted by Crippen LogP contribution is -2.27. The van der Waals surface area contributed by atoms with Crippen molar-refractivity contribution in [2.75, 3.05) is 12.8 Å². The lowest BCUT2D eigenvalue weighted by molar-refractivity contribution is -0.129. The molecule has 2 N–H and O–H groups in total. The number of carbonyl (C=O) groups is 1. The summed E-state index contributed by atoms with van der Waals surface area (Å²) in [5.74, 6) is -0.299.